The normalized spacial score (nSPS) is 47.6. The minimum atomic E-state index is -3.25. The van der Waals surface area contributed by atoms with Gasteiger partial charge < -0.3 is 185 Å². The highest BCUT2D eigenvalue weighted by atomic mass is 16.8. The molecule has 24 N–H and O–H groups in total. The summed E-state index contributed by atoms with van der Waals surface area (Å²) in [4.78, 5) is 51.8. The van der Waals surface area contributed by atoms with Crippen LogP contribution in [-0.4, -0.2) is 391 Å². The van der Waals surface area contributed by atoms with Crippen molar-refractivity contribution in [1.29, 1.82) is 0 Å². The molecule has 0 saturated carbocycles. The Bertz CT molecular complexity index is 2400. The van der Waals surface area contributed by atoms with Gasteiger partial charge in [0, 0.05) is 27.2 Å². The summed E-state index contributed by atoms with van der Waals surface area (Å²) in [5.74, 6) is -8.12. The van der Waals surface area contributed by atoms with Gasteiger partial charge in [-0.15, -0.1) is 0 Å². The number of hydrogen-bond acceptors (Lipinski definition) is 37. The van der Waals surface area contributed by atoms with Crippen LogP contribution >= 0.6 is 0 Å². The number of aliphatic hydroxyl groups excluding tert-OH is 20. The lowest BCUT2D eigenvalue weighted by molar-refractivity contribution is -0.387. The van der Waals surface area contributed by atoms with E-state index >= 15 is 0 Å². The monoisotopic (exact) mass is 1350 g/mol. The maximum Gasteiger partial charge on any atom is 0.364 e. The molecule has 1 unspecified atom stereocenters. The van der Waals surface area contributed by atoms with E-state index in [4.69, 9.17) is 61.6 Å². The minimum absolute atomic E-state index is 0.900. The number of carboxylic acids is 1. The largest absolute Gasteiger partial charge is 0.477 e. The van der Waals surface area contributed by atoms with Crippen LogP contribution in [0.2, 0.25) is 0 Å². The van der Waals surface area contributed by atoms with Gasteiger partial charge in [0.1, 0.15) is 165 Å². The van der Waals surface area contributed by atoms with Crippen LogP contribution in [0.5, 0.6) is 0 Å². The molecule has 7 aliphatic heterocycles. The first-order valence-electron chi connectivity index (χ1n) is 29.1. The van der Waals surface area contributed by atoms with Crippen molar-refractivity contribution in [2.45, 2.75) is 254 Å². The molecule has 0 spiro atoms. The van der Waals surface area contributed by atoms with Gasteiger partial charge in [0.2, 0.25) is 17.7 Å². The van der Waals surface area contributed by atoms with Gasteiger partial charge in [-0.25, -0.2) is 4.79 Å². The van der Waals surface area contributed by atoms with E-state index < -0.39 is 290 Å². The van der Waals surface area contributed by atoms with Crippen LogP contribution in [0.15, 0.2) is 0 Å². The second-order valence-electron chi connectivity index (χ2n) is 23.2. The standard InChI is InChI=1S/C51H85N3O38/c1-12-26(65)33(72)35(74)47(81-12)88-39-21(10-59)85-45(25(54-15(4)62)41(39)90-46-23(52-13(2)60)32(71)38(20(9-58)86-46)87-48-36(75)34(73)29(68)18(7-56)83-48)80-11-22-31(70)40(24(44(77)82-22)53-14(3)61)89-49-37(76)43(30(69)19(8-57)84-49)92-51(50(78)79)5-16(63)27(66)42(91-51)28(67)17(64)6-55/h12,16-49,55-59,63-77H,5-11H2,1-4H3,(H,52,60)(H,53,61)(H,54,62)(H,78,79)/t12-,16-,17+,18+,19+,20+,21+,22+,23+,24+,25+,26+,27+,28+,29-,30-,31-,32+,33+,34-,35-,36+,37+,38+,39+,40+,41+,42+,43-,44?,45+,46-,47-,48-,49-,51-/m0/s1. The fourth-order valence-electron chi connectivity index (χ4n) is 11.7. The van der Waals surface area contributed by atoms with Crippen LogP contribution in [0.25, 0.3) is 0 Å². The van der Waals surface area contributed by atoms with Gasteiger partial charge in [0.05, 0.1) is 51.8 Å². The number of aliphatic hydroxyl groups is 20. The molecule has 0 radical (unpaired) electrons. The molecular weight excluding hydrogens is 1260 g/mol. The second-order valence-corrected chi connectivity index (χ2v) is 23.2. The first kappa shape index (κ1) is 75.9. The molecule has 7 saturated heterocycles. The van der Waals surface area contributed by atoms with Crippen molar-refractivity contribution in [3.05, 3.63) is 0 Å². The number of nitrogens with one attached hydrogen (secondary N) is 3. The number of amides is 3. The molecule has 41 nitrogen and oxygen atoms in total. The van der Waals surface area contributed by atoms with Crippen LogP contribution in [0.3, 0.4) is 0 Å². The van der Waals surface area contributed by atoms with Crippen molar-refractivity contribution >= 4 is 23.7 Å². The van der Waals surface area contributed by atoms with E-state index in [1.807, 2.05) is 0 Å². The van der Waals surface area contributed by atoms with Crippen molar-refractivity contribution in [2.75, 3.05) is 39.6 Å². The van der Waals surface area contributed by atoms with E-state index in [0.29, 0.717) is 0 Å². The maximum atomic E-state index is 13.3. The van der Waals surface area contributed by atoms with Gasteiger partial charge in [-0.3, -0.25) is 14.4 Å². The highest BCUT2D eigenvalue weighted by Crippen LogP contribution is 2.40. The third-order valence-electron chi connectivity index (χ3n) is 16.7. The van der Waals surface area contributed by atoms with E-state index in [9.17, 15) is 126 Å². The average molecular weight is 1350 g/mol. The fraction of sp³-hybridized carbons (Fsp3) is 0.922. The summed E-state index contributed by atoms with van der Waals surface area (Å²) in [5, 5.41) is 234. The van der Waals surface area contributed by atoms with Gasteiger partial charge in [-0.2, -0.15) is 0 Å². The molecule has 0 aromatic heterocycles. The summed E-state index contributed by atoms with van der Waals surface area (Å²) < 4.78 is 76.2. The molecule has 92 heavy (non-hydrogen) atoms. The lowest BCUT2D eigenvalue weighted by Crippen LogP contribution is -2.72. The Morgan fingerprint density at radius 3 is 1.50 bits per heavy atom. The van der Waals surface area contributed by atoms with E-state index in [0.717, 1.165) is 20.8 Å². The molecule has 3 amide bonds. The molecule has 0 aromatic rings. The van der Waals surface area contributed by atoms with E-state index in [1.165, 1.54) is 6.92 Å². The summed E-state index contributed by atoms with van der Waals surface area (Å²) in [5.41, 5.74) is 0. The summed E-state index contributed by atoms with van der Waals surface area (Å²) in [7, 11) is 0. The van der Waals surface area contributed by atoms with Crippen molar-refractivity contribution < 1.29 is 188 Å². The maximum absolute atomic E-state index is 13.3. The molecule has 0 bridgehead atoms. The van der Waals surface area contributed by atoms with Crippen LogP contribution < -0.4 is 16.0 Å². The predicted molar refractivity (Wildman–Crippen MR) is 282 cm³/mol. The van der Waals surface area contributed by atoms with Gasteiger partial charge in [-0.05, 0) is 6.92 Å². The minimum Gasteiger partial charge on any atom is -0.477 e. The number of rotatable bonds is 24. The van der Waals surface area contributed by atoms with Gasteiger partial charge >= 0.3 is 5.97 Å². The zero-order valence-corrected chi connectivity index (χ0v) is 49.5. The van der Waals surface area contributed by atoms with Crippen LogP contribution in [-0.2, 0) is 80.8 Å². The Balaban J connectivity index is 1.20. The molecule has 7 aliphatic rings. The topological polar surface area (TPSA) is 649 Å². The molecule has 7 heterocycles. The average Bonchev–Trinajstić information content (AvgIpc) is 0.982. The number of aliphatic carboxylic acids is 1. The molecule has 7 fully saturated rings. The summed E-state index contributed by atoms with van der Waals surface area (Å²) in [6, 6.07) is -5.61. The molecular formula is C51H85N3O38. The Labute approximate surface area is 520 Å². The second kappa shape index (κ2) is 32.3. The molecule has 36 atom stereocenters. The third kappa shape index (κ3) is 16.4. The Morgan fingerprint density at radius 2 is 0.935 bits per heavy atom. The molecule has 0 aliphatic carbocycles. The smallest absolute Gasteiger partial charge is 0.364 e. The van der Waals surface area contributed by atoms with Crippen molar-refractivity contribution in [2.24, 2.45) is 0 Å². The zero-order chi connectivity index (χ0) is 68.3. The van der Waals surface area contributed by atoms with Crippen molar-refractivity contribution in [1.82, 2.24) is 16.0 Å². The van der Waals surface area contributed by atoms with Crippen LogP contribution in [0, 0.1) is 0 Å². The highest BCUT2D eigenvalue weighted by Gasteiger charge is 2.62. The number of ether oxygens (including phenoxy) is 13. The lowest BCUT2D eigenvalue weighted by Gasteiger charge is -2.51. The van der Waals surface area contributed by atoms with Gasteiger partial charge in [0.25, 0.3) is 5.79 Å². The van der Waals surface area contributed by atoms with E-state index in [1.54, 1.807) is 0 Å². The first-order valence-corrected chi connectivity index (χ1v) is 29.1. The van der Waals surface area contributed by atoms with E-state index in [2.05, 4.69) is 16.0 Å². The van der Waals surface area contributed by atoms with Gasteiger partial charge in [0.15, 0.2) is 37.7 Å². The number of hydrogen-bond donors (Lipinski definition) is 24. The Kier molecular flexibility index (Phi) is 26.6. The summed E-state index contributed by atoms with van der Waals surface area (Å²) in [6.07, 6.45) is -66.0. The molecule has 7 rings (SSSR count). The SMILES string of the molecule is CC(=O)N[C@H]1[C@H](O[C@@H]2[C@@H](NC(C)=O)[C@H](OC[C@H]3OC(O)[C@H](NC(C)=O)[C@@H](O[C@@H]4O[C@H](CO)[C@H](O)[C@H](O[C@]5(C(=O)O)C[C@H](O)[C@@H](O)[C@H]([C@H](O)[C@H](O)CO)O5)[C@H]4O)[C@H]3O)O[C@H](CO)[C@H]2O[C@@H]2O[C@@H](C)[C@@H](O)[C@@H](O)[C@@H]2O)O[C@H](CO)[C@@H](O[C@@H]2O[C@H](CO)[C@H](O)[C@H](O)[C@H]2O)[C@@H]1O. The fourth-order valence-corrected chi connectivity index (χ4v) is 11.7. The van der Waals surface area contributed by atoms with Gasteiger partial charge in [-0.1, -0.05) is 0 Å². The Hall–Kier alpha value is -3.44. The third-order valence-corrected chi connectivity index (χ3v) is 16.7. The first-order chi connectivity index (χ1) is 43.3. The summed E-state index contributed by atoms with van der Waals surface area (Å²) >= 11 is 0. The number of carboxylic acid groups (broad SMARTS) is 1. The van der Waals surface area contributed by atoms with E-state index in [-0.39, 0.29) is 0 Å². The lowest BCUT2D eigenvalue weighted by atomic mass is 9.90. The predicted octanol–water partition coefficient (Wildman–Crippen LogP) is -15.6. The number of carbonyl (C=O) groups excluding carboxylic acids is 3. The van der Waals surface area contributed by atoms with Crippen LogP contribution in [0.4, 0.5) is 0 Å². The summed E-state index contributed by atoms with van der Waals surface area (Å²) in [6.45, 7) is -2.32. The van der Waals surface area contributed by atoms with Crippen molar-refractivity contribution in [3.63, 3.8) is 0 Å². The zero-order valence-electron chi connectivity index (χ0n) is 49.5. The van der Waals surface area contributed by atoms with Crippen molar-refractivity contribution in [3.8, 4) is 0 Å². The molecule has 41 heteroatoms. The highest BCUT2D eigenvalue weighted by molar-refractivity contribution is 5.76. The number of carbonyl (C=O) groups is 4. The quantitative estimate of drug-likeness (QED) is 0.0427. The Morgan fingerprint density at radius 1 is 0.467 bits per heavy atom. The molecule has 0 aromatic carbocycles. The molecule has 532 valence electrons. The van der Waals surface area contributed by atoms with Crippen LogP contribution in [0.1, 0.15) is 34.1 Å².